The lowest BCUT2D eigenvalue weighted by Gasteiger charge is -2.23. The number of carboxylic acid groups (broad SMARTS) is 1. The van der Waals surface area contributed by atoms with Gasteiger partial charge in [-0.1, -0.05) is 0 Å². The van der Waals surface area contributed by atoms with Crippen molar-refractivity contribution in [1.82, 2.24) is 16.0 Å². The average Bonchev–Trinajstić information content (AvgIpc) is 2.64. The zero-order valence-corrected chi connectivity index (χ0v) is 18.3. The molecule has 0 rings (SSSR count). The third kappa shape index (κ3) is 11.4. The van der Waals surface area contributed by atoms with E-state index in [0.29, 0.717) is 42.9 Å². The van der Waals surface area contributed by atoms with Gasteiger partial charge >= 0.3 is 5.97 Å². The topological polar surface area (TPSA) is 125 Å². The number of carbonyl (C=O) groups is 4. The number of rotatable bonds is 16. The van der Waals surface area contributed by atoms with Crippen molar-refractivity contribution in [3.05, 3.63) is 0 Å². The second-order valence-electron chi connectivity index (χ2n) is 5.64. The van der Waals surface area contributed by atoms with Crippen molar-refractivity contribution < 1.29 is 24.3 Å². The van der Waals surface area contributed by atoms with E-state index in [2.05, 4.69) is 16.0 Å². The second kappa shape index (κ2) is 15.9. The van der Waals surface area contributed by atoms with E-state index < -0.39 is 35.9 Å². The summed E-state index contributed by atoms with van der Waals surface area (Å²) >= 11 is 4.56. The largest absolute Gasteiger partial charge is 0.480 e. The van der Waals surface area contributed by atoms with Crippen LogP contribution in [-0.2, 0) is 19.2 Å². The predicted octanol–water partition coefficient (Wildman–Crippen LogP) is 0.415. The zero-order chi connectivity index (χ0) is 20.7. The highest BCUT2D eigenvalue weighted by atomic mass is 32.2. The van der Waals surface area contributed by atoms with Crippen LogP contribution in [0.1, 0.15) is 19.3 Å². The predicted molar refractivity (Wildman–Crippen MR) is 113 cm³/mol. The number of thioether (sulfide) groups is 3. The lowest BCUT2D eigenvalue weighted by Crippen LogP contribution is -2.55. The van der Waals surface area contributed by atoms with Crippen LogP contribution in [0.2, 0.25) is 0 Å². The van der Waals surface area contributed by atoms with Crippen LogP contribution in [0.3, 0.4) is 0 Å². The summed E-state index contributed by atoms with van der Waals surface area (Å²) in [5, 5.41) is 16.9. The van der Waals surface area contributed by atoms with Crippen molar-refractivity contribution in [3.63, 3.8) is 0 Å². The Bertz CT molecular complexity index is 482. The fourth-order valence-corrected chi connectivity index (χ4v) is 3.56. The standard InChI is InChI=1S/C16H29N3O5S3/c1-25-7-4-11(17-10-20)14(21)18-12(5-8-26-2)15(22)19-13(16(23)24)6-9-27-3/h10-13H,4-9H2,1-3H3,(H,17,20)(H,18,21)(H,19,22)(H,23,24)/t11-,12-,13+/m1/s1. The van der Waals surface area contributed by atoms with Crippen LogP contribution >= 0.6 is 35.3 Å². The van der Waals surface area contributed by atoms with Crippen molar-refractivity contribution in [2.75, 3.05) is 36.0 Å². The van der Waals surface area contributed by atoms with Gasteiger partial charge in [0.2, 0.25) is 18.2 Å². The molecule has 4 N–H and O–H groups in total. The van der Waals surface area contributed by atoms with Crippen LogP contribution in [0.5, 0.6) is 0 Å². The summed E-state index contributed by atoms with van der Waals surface area (Å²) in [5.74, 6) is -0.186. The first-order valence-electron chi connectivity index (χ1n) is 8.41. The maximum atomic E-state index is 12.6. The number of nitrogens with one attached hydrogen (secondary N) is 3. The van der Waals surface area contributed by atoms with Gasteiger partial charge in [0.05, 0.1) is 0 Å². The van der Waals surface area contributed by atoms with Crippen LogP contribution in [0.4, 0.5) is 0 Å². The Morgan fingerprint density at radius 3 is 1.67 bits per heavy atom. The van der Waals surface area contributed by atoms with Crippen molar-refractivity contribution in [2.45, 2.75) is 37.4 Å². The minimum absolute atomic E-state index is 0.300. The van der Waals surface area contributed by atoms with E-state index in [1.165, 1.54) is 23.5 Å². The molecule has 8 nitrogen and oxygen atoms in total. The number of carboxylic acids is 1. The van der Waals surface area contributed by atoms with E-state index in [1.807, 2.05) is 18.8 Å². The molecule has 0 saturated heterocycles. The van der Waals surface area contributed by atoms with Gasteiger partial charge < -0.3 is 21.1 Å². The summed E-state index contributed by atoms with van der Waals surface area (Å²) in [6.07, 6.45) is 7.20. The van der Waals surface area contributed by atoms with E-state index >= 15 is 0 Å². The first-order valence-corrected chi connectivity index (χ1v) is 12.6. The maximum Gasteiger partial charge on any atom is 0.326 e. The number of hydrogen-bond acceptors (Lipinski definition) is 7. The van der Waals surface area contributed by atoms with Gasteiger partial charge in [-0.05, 0) is 55.3 Å². The quantitative estimate of drug-likeness (QED) is 0.255. The molecule has 0 aliphatic carbocycles. The maximum absolute atomic E-state index is 12.6. The average molecular weight is 440 g/mol. The molecule has 156 valence electrons. The van der Waals surface area contributed by atoms with Gasteiger partial charge in [-0.3, -0.25) is 14.4 Å². The highest BCUT2D eigenvalue weighted by molar-refractivity contribution is 7.98. The monoisotopic (exact) mass is 439 g/mol. The molecule has 27 heavy (non-hydrogen) atoms. The summed E-state index contributed by atoms with van der Waals surface area (Å²) in [6, 6.07) is -2.59. The fourth-order valence-electron chi connectivity index (χ4n) is 2.15. The van der Waals surface area contributed by atoms with Crippen LogP contribution in [0.15, 0.2) is 0 Å². The van der Waals surface area contributed by atoms with Crippen LogP contribution in [0.25, 0.3) is 0 Å². The minimum Gasteiger partial charge on any atom is -0.480 e. The van der Waals surface area contributed by atoms with E-state index in [1.54, 1.807) is 11.8 Å². The highest BCUT2D eigenvalue weighted by Crippen LogP contribution is 2.07. The summed E-state index contributed by atoms with van der Waals surface area (Å²) in [6.45, 7) is 0. The molecule has 0 aromatic carbocycles. The van der Waals surface area contributed by atoms with Crippen LogP contribution < -0.4 is 16.0 Å². The Morgan fingerprint density at radius 2 is 1.22 bits per heavy atom. The molecule has 0 aromatic heterocycles. The highest BCUT2D eigenvalue weighted by Gasteiger charge is 2.28. The Labute approximate surface area is 173 Å². The SMILES string of the molecule is CSCC[C@H](NC(=O)[C@@H](CCSC)NC(=O)[C@@H](CCSC)NC=O)C(=O)O. The Hall–Kier alpha value is -1.07. The first kappa shape index (κ1) is 25.9. The molecule has 0 aliphatic heterocycles. The van der Waals surface area contributed by atoms with Crippen molar-refractivity contribution >= 4 is 59.5 Å². The Morgan fingerprint density at radius 1 is 0.815 bits per heavy atom. The van der Waals surface area contributed by atoms with Gasteiger partial charge in [0.25, 0.3) is 0 Å². The normalized spacial score (nSPS) is 13.9. The summed E-state index contributed by atoms with van der Waals surface area (Å²) in [7, 11) is 0. The molecule has 0 aliphatic rings. The lowest BCUT2D eigenvalue weighted by molar-refractivity contribution is -0.142. The molecule has 3 atom stereocenters. The minimum atomic E-state index is -1.10. The number of aliphatic carboxylic acids is 1. The van der Waals surface area contributed by atoms with Crippen molar-refractivity contribution in [2.24, 2.45) is 0 Å². The fraction of sp³-hybridized carbons (Fsp3) is 0.750. The van der Waals surface area contributed by atoms with Gasteiger partial charge in [-0.2, -0.15) is 35.3 Å². The molecule has 0 spiro atoms. The van der Waals surface area contributed by atoms with Crippen LogP contribution in [-0.4, -0.2) is 83.5 Å². The number of carbonyl (C=O) groups excluding carboxylic acids is 3. The third-order valence-corrected chi connectivity index (χ3v) is 5.60. The molecule has 0 aromatic rings. The molecular weight excluding hydrogens is 410 g/mol. The molecule has 0 saturated carbocycles. The molecule has 3 amide bonds. The second-order valence-corrected chi connectivity index (χ2v) is 8.60. The molecular formula is C16H29N3O5S3. The third-order valence-electron chi connectivity index (χ3n) is 3.67. The molecule has 0 unspecified atom stereocenters. The Balaban J connectivity index is 5.05. The van der Waals surface area contributed by atoms with Crippen LogP contribution in [0, 0.1) is 0 Å². The summed E-state index contributed by atoms with van der Waals surface area (Å²) in [4.78, 5) is 47.1. The van der Waals surface area contributed by atoms with Gasteiger partial charge in [0, 0.05) is 0 Å². The van der Waals surface area contributed by atoms with Gasteiger partial charge in [0.15, 0.2) is 0 Å². The molecule has 0 bridgehead atoms. The van der Waals surface area contributed by atoms with Gasteiger partial charge in [-0.25, -0.2) is 4.79 Å². The molecule has 11 heteroatoms. The molecule has 0 fully saturated rings. The van der Waals surface area contributed by atoms with Gasteiger partial charge in [0.1, 0.15) is 18.1 Å². The zero-order valence-electron chi connectivity index (χ0n) is 15.9. The summed E-state index contributed by atoms with van der Waals surface area (Å²) in [5.41, 5.74) is 0. The van der Waals surface area contributed by atoms with Gasteiger partial charge in [-0.15, -0.1) is 0 Å². The van der Waals surface area contributed by atoms with Crippen molar-refractivity contribution in [3.8, 4) is 0 Å². The van der Waals surface area contributed by atoms with E-state index in [-0.39, 0.29) is 0 Å². The Kier molecular flexibility index (Phi) is 15.3. The van der Waals surface area contributed by atoms with E-state index in [9.17, 15) is 24.3 Å². The number of hydrogen-bond donors (Lipinski definition) is 4. The number of amides is 3. The molecule has 0 heterocycles. The summed E-state index contributed by atoms with van der Waals surface area (Å²) < 4.78 is 0. The van der Waals surface area contributed by atoms with Crippen molar-refractivity contribution in [1.29, 1.82) is 0 Å². The van der Waals surface area contributed by atoms with E-state index in [4.69, 9.17) is 0 Å². The first-order chi connectivity index (χ1) is 12.9. The lowest BCUT2D eigenvalue weighted by atomic mass is 10.1. The molecule has 0 radical (unpaired) electrons. The smallest absolute Gasteiger partial charge is 0.326 e. The van der Waals surface area contributed by atoms with E-state index in [0.717, 1.165) is 0 Å².